The lowest BCUT2D eigenvalue weighted by molar-refractivity contribution is -0.144. The third kappa shape index (κ3) is 1.92. The first kappa shape index (κ1) is 11.4. The molecule has 3 rings (SSSR count). The maximum atomic E-state index is 11.2. The summed E-state index contributed by atoms with van der Waals surface area (Å²) in [6.45, 7) is 0.455. The van der Waals surface area contributed by atoms with Crippen LogP contribution in [0.1, 0.15) is 25.7 Å². The summed E-state index contributed by atoms with van der Waals surface area (Å²) >= 11 is 0. The number of carboxylic acids is 1. The predicted octanol–water partition coefficient (Wildman–Crippen LogP) is 2.28. The van der Waals surface area contributed by atoms with E-state index in [2.05, 4.69) is 4.90 Å². The molecule has 1 aliphatic heterocycles. The molecule has 1 saturated carbocycles. The van der Waals surface area contributed by atoms with E-state index in [0.717, 1.165) is 18.5 Å². The molecule has 1 aliphatic carbocycles. The van der Waals surface area contributed by atoms with Gasteiger partial charge in [0, 0.05) is 6.04 Å². The summed E-state index contributed by atoms with van der Waals surface area (Å²) in [5, 5.41) is 9.17. The molecule has 0 saturated heterocycles. The Kier molecular flexibility index (Phi) is 2.86. The normalized spacial score (nSPS) is 23.6. The first-order valence-electron chi connectivity index (χ1n) is 6.51. The Labute approximate surface area is 106 Å². The number of ether oxygens (including phenoxy) is 1. The van der Waals surface area contributed by atoms with Gasteiger partial charge in [0.2, 0.25) is 6.10 Å². The van der Waals surface area contributed by atoms with Crippen LogP contribution in [0.5, 0.6) is 5.75 Å². The topological polar surface area (TPSA) is 49.8 Å². The lowest BCUT2D eigenvalue weighted by Gasteiger charge is -2.38. The molecule has 0 bridgehead atoms. The lowest BCUT2D eigenvalue weighted by atomic mass is 10.1. The fourth-order valence-electron chi connectivity index (χ4n) is 2.95. The van der Waals surface area contributed by atoms with Gasteiger partial charge in [0.25, 0.3) is 0 Å². The second-order valence-corrected chi connectivity index (χ2v) is 5.00. The molecule has 0 spiro atoms. The maximum absolute atomic E-state index is 11.2. The molecule has 1 atom stereocenters. The van der Waals surface area contributed by atoms with Gasteiger partial charge in [0.05, 0.1) is 12.2 Å². The molecule has 4 nitrogen and oxygen atoms in total. The number of anilines is 1. The van der Waals surface area contributed by atoms with E-state index in [4.69, 9.17) is 4.74 Å². The van der Waals surface area contributed by atoms with Crippen molar-refractivity contribution >= 4 is 11.7 Å². The zero-order chi connectivity index (χ0) is 12.5. The third-order valence-corrected chi connectivity index (χ3v) is 3.85. The Balaban J connectivity index is 1.93. The Morgan fingerprint density at radius 1 is 1.28 bits per heavy atom. The minimum Gasteiger partial charge on any atom is -0.478 e. The Hall–Kier alpha value is -1.71. The summed E-state index contributed by atoms with van der Waals surface area (Å²) in [4.78, 5) is 13.4. The van der Waals surface area contributed by atoms with Gasteiger partial charge in [0.15, 0.2) is 0 Å². The minimum absolute atomic E-state index is 0.455. The van der Waals surface area contributed by atoms with Crippen LogP contribution in [0, 0.1) is 0 Å². The van der Waals surface area contributed by atoms with Crippen LogP contribution >= 0.6 is 0 Å². The molecule has 4 heteroatoms. The van der Waals surface area contributed by atoms with Crippen LogP contribution in [0.25, 0.3) is 0 Å². The first-order valence-corrected chi connectivity index (χ1v) is 6.51. The molecule has 1 unspecified atom stereocenters. The van der Waals surface area contributed by atoms with Crippen molar-refractivity contribution in [1.82, 2.24) is 0 Å². The number of hydrogen-bond donors (Lipinski definition) is 1. The second-order valence-electron chi connectivity index (χ2n) is 5.00. The van der Waals surface area contributed by atoms with Crippen LogP contribution < -0.4 is 9.64 Å². The van der Waals surface area contributed by atoms with E-state index in [9.17, 15) is 9.90 Å². The van der Waals surface area contributed by atoms with Crippen molar-refractivity contribution in [2.24, 2.45) is 0 Å². The van der Waals surface area contributed by atoms with Crippen molar-refractivity contribution in [2.75, 3.05) is 11.4 Å². The van der Waals surface area contributed by atoms with E-state index in [1.54, 1.807) is 0 Å². The smallest absolute Gasteiger partial charge is 0.346 e. The van der Waals surface area contributed by atoms with Crippen LogP contribution in [-0.2, 0) is 4.79 Å². The minimum atomic E-state index is -0.882. The Bertz CT molecular complexity index is 454. The summed E-state index contributed by atoms with van der Waals surface area (Å²) in [6.07, 6.45) is 4.03. The molecular weight excluding hydrogens is 230 g/mol. The summed E-state index contributed by atoms with van der Waals surface area (Å²) in [7, 11) is 0. The van der Waals surface area contributed by atoms with Crippen LogP contribution in [0.4, 0.5) is 5.69 Å². The van der Waals surface area contributed by atoms with E-state index in [0.29, 0.717) is 18.3 Å². The van der Waals surface area contributed by atoms with Crippen molar-refractivity contribution in [3.63, 3.8) is 0 Å². The number of fused-ring (bicyclic) bond motifs is 1. The van der Waals surface area contributed by atoms with Crippen molar-refractivity contribution in [3.8, 4) is 5.75 Å². The molecule has 0 amide bonds. The SMILES string of the molecule is O=C(O)C1CN(C2CCCC2)c2ccccc2O1. The molecule has 1 N–H and O–H groups in total. The van der Waals surface area contributed by atoms with Gasteiger partial charge < -0.3 is 14.7 Å². The zero-order valence-electron chi connectivity index (χ0n) is 10.2. The molecule has 1 aromatic carbocycles. The fraction of sp³-hybridized carbons (Fsp3) is 0.500. The molecule has 0 radical (unpaired) electrons. The highest BCUT2D eigenvalue weighted by Crippen LogP contribution is 2.37. The van der Waals surface area contributed by atoms with E-state index in [-0.39, 0.29) is 0 Å². The van der Waals surface area contributed by atoms with Crippen LogP contribution in [0.2, 0.25) is 0 Å². The molecule has 1 aromatic rings. The number of carbonyl (C=O) groups is 1. The molecule has 0 aromatic heterocycles. The molecule has 1 heterocycles. The average molecular weight is 247 g/mol. The Morgan fingerprint density at radius 3 is 2.72 bits per heavy atom. The number of aliphatic carboxylic acids is 1. The number of nitrogens with zero attached hydrogens (tertiary/aromatic N) is 1. The molecular formula is C14H17NO3. The summed E-state index contributed by atoms with van der Waals surface area (Å²) in [5.74, 6) is -0.185. The average Bonchev–Trinajstić information content (AvgIpc) is 2.91. The second kappa shape index (κ2) is 4.52. The first-order chi connectivity index (χ1) is 8.75. The van der Waals surface area contributed by atoms with Gasteiger partial charge in [-0.1, -0.05) is 25.0 Å². The molecule has 18 heavy (non-hydrogen) atoms. The van der Waals surface area contributed by atoms with Crippen molar-refractivity contribution < 1.29 is 14.6 Å². The Morgan fingerprint density at radius 2 is 2.00 bits per heavy atom. The van der Waals surface area contributed by atoms with Crippen molar-refractivity contribution in [3.05, 3.63) is 24.3 Å². The summed E-state index contributed by atoms with van der Waals surface area (Å²) < 4.78 is 5.54. The maximum Gasteiger partial charge on any atom is 0.346 e. The van der Waals surface area contributed by atoms with Crippen molar-refractivity contribution in [2.45, 2.75) is 37.8 Å². The standard InChI is InChI=1S/C14H17NO3/c16-14(17)13-9-15(10-5-1-2-6-10)11-7-3-4-8-12(11)18-13/h3-4,7-8,10,13H,1-2,5-6,9H2,(H,16,17). The number of carboxylic acid groups (broad SMARTS) is 1. The number of benzene rings is 1. The third-order valence-electron chi connectivity index (χ3n) is 3.85. The lowest BCUT2D eigenvalue weighted by Crippen LogP contribution is -2.48. The van der Waals surface area contributed by atoms with Crippen LogP contribution in [0.15, 0.2) is 24.3 Å². The van der Waals surface area contributed by atoms with E-state index in [1.165, 1.54) is 12.8 Å². The molecule has 96 valence electrons. The summed E-state index contributed by atoms with van der Waals surface area (Å²) in [5.41, 5.74) is 1.04. The highest BCUT2D eigenvalue weighted by molar-refractivity contribution is 5.76. The van der Waals surface area contributed by atoms with E-state index >= 15 is 0 Å². The van der Waals surface area contributed by atoms with Gasteiger partial charge in [0.1, 0.15) is 5.75 Å². The van der Waals surface area contributed by atoms with Crippen LogP contribution in [0.3, 0.4) is 0 Å². The van der Waals surface area contributed by atoms with Gasteiger partial charge >= 0.3 is 5.97 Å². The van der Waals surface area contributed by atoms with E-state index in [1.807, 2.05) is 24.3 Å². The van der Waals surface area contributed by atoms with Gasteiger partial charge in [-0.25, -0.2) is 4.79 Å². The van der Waals surface area contributed by atoms with Gasteiger partial charge in [-0.15, -0.1) is 0 Å². The quantitative estimate of drug-likeness (QED) is 0.871. The van der Waals surface area contributed by atoms with Crippen molar-refractivity contribution in [1.29, 1.82) is 0 Å². The fourth-order valence-corrected chi connectivity index (χ4v) is 2.95. The molecule has 2 aliphatic rings. The highest BCUT2D eigenvalue weighted by atomic mass is 16.5. The van der Waals surface area contributed by atoms with Gasteiger partial charge in [-0.05, 0) is 25.0 Å². The predicted molar refractivity (Wildman–Crippen MR) is 68.1 cm³/mol. The summed E-state index contributed by atoms with van der Waals surface area (Å²) in [6, 6.07) is 8.20. The molecule has 1 fully saturated rings. The highest BCUT2D eigenvalue weighted by Gasteiger charge is 2.34. The van der Waals surface area contributed by atoms with E-state index < -0.39 is 12.1 Å². The monoisotopic (exact) mass is 247 g/mol. The number of para-hydroxylation sites is 2. The largest absolute Gasteiger partial charge is 0.478 e. The zero-order valence-corrected chi connectivity index (χ0v) is 10.2. The van der Waals surface area contributed by atoms with Crippen LogP contribution in [-0.4, -0.2) is 29.8 Å². The number of hydrogen-bond acceptors (Lipinski definition) is 3. The van der Waals surface area contributed by atoms with Gasteiger partial charge in [-0.2, -0.15) is 0 Å². The number of rotatable bonds is 2. The van der Waals surface area contributed by atoms with Gasteiger partial charge in [-0.3, -0.25) is 0 Å².